The van der Waals surface area contributed by atoms with Crippen molar-refractivity contribution in [3.05, 3.63) is 29.0 Å². The molecular formula is C11H13ClN2O2. The standard InChI is InChI=1S/C11H13ClN2O2/c1-14-5-8(9(6-14)11(15)16)10-3-2-7(12)4-13-10/h2-4,8-9H,5-6H2,1H3,(H,15,16)/t8-,9-/m1/s1. The molecule has 0 aromatic carbocycles. The number of halogens is 1. The summed E-state index contributed by atoms with van der Waals surface area (Å²) in [6, 6.07) is 3.56. The lowest BCUT2D eigenvalue weighted by atomic mass is 9.93. The minimum Gasteiger partial charge on any atom is -0.481 e. The van der Waals surface area contributed by atoms with Gasteiger partial charge in [-0.3, -0.25) is 9.78 Å². The molecule has 5 heteroatoms. The molecule has 16 heavy (non-hydrogen) atoms. The Bertz CT molecular complexity index is 393. The summed E-state index contributed by atoms with van der Waals surface area (Å²) in [6.07, 6.45) is 1.56. The number of nitrogens with zero attached hydrogens (tertiary/aromatic N) is 2. The first-order chi connectivity index (χ1) is 7.58. The maximum absolute atomic E-state index is 11.1. The minimum atomic E-state index is -0.758. The van der Waals surface area contributed by atoms with E-state index in [1.165, 1.54) is 0 Å². The van der Waals surface area contributed by atoms with Gasteiger partial charge in [0.15, 0.2) is 0 Å². The molecule has 1 aliphatic rings. The van der Waals surface area contributed by atoms with E-state index < -0.39 is 5.97 Å². The van der Waals surface area contributed by atoms with Crippen molar-refractivity contribution in [2.75, 3.05) is 20.1 Å². The van der Waals surface area contributed by atoms with E-state index in [0.29, 0.717) is 11.6 Å². The van der Waals surface area contributed by atoms with Crippen molar-refractivity contribution in [1.82, 2.24) is 9.88 Å². The molecule has 1 N–H and O–H groups in total. The van der Waals surface area contributed by atoms with Gasteiger partial charge in [0.1, 0.15) is 0 Å². The minimum absolute atomic E-state index is 0.0419. The van der Waals surface area contributed by atoms with Gasteiger partial charge in [-0.2, -0.15) is 0 Å². The lowest BCUT2D eigenvalue weighted by molar-refractivity contribution is -0.141. The molecule has 2 atom stereocenters. The first kappa shape index (κ1) is 11.4. The van der Waals surface area contributed by atoms with Crippen molar-refractivity contribution < 1.29 is 9.90 Å². The Morgan fingerprint density at radius 2 is 2.31 bits per heavy atom. The molecule has 1 aromatic rings. The molecule has 0 spiro atoms. The Balaban J connectivity index is 2.25. The third-order valence-electron chi connectivity index (χ3n) is 2.95. The normalized spacial score (nSPS) is 25.9. The first-order valence-corrected chi connectivity index (χ1v) is 5.48. The molecule has 1 aliphatic heterocycles. The molecule has 4 nitrogen and oxygen atoms in total. The van der Waals surface area contributed by atoms with Gasteiger partial charge in [-0.05, 0) is 19.2 Å². The van der Waals surface area contributed by atoms with E-state index >= 15 is 0 Å². The summed E-state index contributed by atoms with van der Waals surface area (Å²) in [5, 5.41) is 9.71. The molecule has 86 valence electrons. The number of carboxylic acids is 1. The molecule has 0 bridgehead atoms. The highest BCUT2D eigenvalue weighted by molar-refractivity contribution is 6.30. The number of hydrogen-bond acceptors (Lipinski definition) is 3. The van der Waals surface area contributed by atoms with Crippen molar-refractivity contribution >= 4 is 17.6 Å². The van der Waals surface area contributed by atoms with Crippen LogP contribution in [-0.4, -0.2) is 41.1 Å². The predicted molar refractivity (Wildman–Crippen MR) is 60.6 cm³/mol. The van der Waals surface area contributed by atoms with Gasteiger partial charge < -0.3 is 10.0 Å². The van der Waals surface area contributed by atoms with E-state index in [0.717, 1.165) is 12.2 Å². The predicted octanol–water partition coefficient (Wildman–Crippen LogP) is 1.46. The van der Waals surface area contributed by atoms with Crippen LogP contribution in [0, 0.1) is 5.92 Å². The zero-order chi connectivity index (χ0) is 11.7. The zero-order valence-electron chi connectivity index (χ0n) is 8.93. The number of pyridine rings is 1. The van der Waals surface area contributed by atoms with Crippen molar-refractivity contribution in [1.29, 1.82) is 0 Å². The number of rotatable bonds is 2. The summed E-state index contributed by atoms with van der Waals surface area (Å²) in [5.41, 5.74) is 0.807. The molecule has 0 saturated carbocycles. The van der Waals surface area contributed by atoms with E-state index in [4.69, 9.17) is 16.7 Å². The van der Waals surface area contributed by atoms with E-state index in [9.17, 15) is 4.79 Å². The molecule has 1 saturated heterocycles. The van der Waals surface area contributed by atoms with Crippen LogP contribution in [0.5, 0.6) is 0 Å². The monoisotopic (exact) mass is 240 g/mol. The summed E-state index contributed by atoms with van der Waals surface area (Å²) in [4.78, 5) is 17.3. The van der Waals surface area contributed by atoms with Crippen molar-refractivity contribution in [3.63, 3.8) is 0 Å². The van der Waals surface area contributed by atoms with E-state index in [-0.39, 0.29) is 11.8 Å². The molecular weight excluding hydrogens is 228 g/mol. The number of likely N-dealkylation sites (N-methyl/N-ethyl adjacent to an activating group) is 1. The lowest BCUT2D eigenvalue weighted by Gasteiger charge is -2.13. The Morgan fingerprint density at radius 3 is 2.88 bits per heavy atom. The van der Waals surface area contributed by atoms with Crippen LogP contribution in [-0.2, 0) is 4.79 Å². The van der Waals surface area contributed by atoms with Crippen molar-refractivity contribution in [3.8, 4) is 0 Å². The maximum atomic E-state index is 11.1. The van der Waals surface area contributed by atoms with Gasteiger partial charge in [0.2, 0.25) is 0 Å². The van der Waals surface area contributed by atoms with Crippen LogP contribution in [0.25, 0.3) is 0 Å². The Labute approximate surface area is 98.9 Å². The van der Waals surface area contributed by atoms with E-state index in [2.05, 4.69) is 4.98 Å². The Kier molecular flexibility index (Phi) is 3.12. The molecule has 2 heterocycles. The largest absolute Gasteiger partial charge is 0.481 e. The van der Waals surface area contributed by atoms with Gasteiger partial charge in [-0.1, -0.05) is 11.6 Å². The Morgan fingerprint density at radius 1 is 1.56 bits per heavy atom. The topological polar surface area (TPSA) is 53.4 Å². The summed E-state index contributed by atoms with van der Waals surface area (Å²) in [5.74, 6) is -1.18. The third kappa shape index (κ3) is 2.18. The summed E-state index contributed by atoms with van der Waals surface area (Å²) >= 11 is 5.76. The average molecular weight is 241 g/mol. The number of likely N-dealkylation sites (tertiary alicyclic amines) is 1. The fraction of sp³-hybridized carbons (Fsp3) is 0.455. The number of hydrogen-bond donors (Lipinski definition) is 1. The van der Waals surface area contributed by atoms with Crippen LogP contribution >= 0.6 is 11.6 Å². The molecule has 0 amide bonds. The quantitative estimate of drug-likeness (QED) is 0.851. The van der Waals surface area contributed by atoms with Gasteiger partial charge >= 0.3 is 5.97 Å². The second-order valence-corrected chi connectivity index (χ2v) is 4.61. The Hall–Kier alpha value is -1.13. The van der Waals surface area contributed by atoms with Crippen molar-refractivity contribution in [2.45, 2.75) is 5.92 Å². The number of carbonyl (C=O) groups is 1. The SMILES string of the molecule is CN1C[C@@H](C(=O)O)[C@H](c2ccc(Cl)cn2)C1. The fourth-order valence-electron chi connectivity index (χ4n) is 2.16. The molecule has 0 unspecified atom stereocenters. The first-order valence-electron chi connectivity index (χ1n) is 5.10. The fourth-order valence-corrected chi connectivity index (χ4v) is 2.27. The second-order valence-electron chi connectivity index (χ2n) is 4.17. The van der Waals surface area contributed by atoms with Gasteiger partial charge in [-0.15, -0.1) is 0 Å². The number of aliphatic carboxylic acids is 1. The van der Waals surface area contributed by atoms with Crippen LogP contribution in [0.2, 0.25) is 5.02 Å². The van der Waals surface area contributed by atoms with E-state index in [1.54, 1.807) is 12.3 Å². The van der Waals surface area contributed by atoms with Gasteiger partial charge in [-0.25, -0.2) is 0 Å². The zero-order valence-corrected chi connectivity index (χ0v) is 9.68. The summed E-state index contributed by atoms with van der Waals surface area (Å²) in [6.45, 7) is 1.30. The summed E-state index contributed by atoms with van der Waals surface area (Å²) < 4.78 is 0. The smallest absolute Gasteiger partial charge is 0.308 e. The molecule has 1 aromatic heterocycles. The average Bonchev–Trinajstić information content (AvgIpc) is 2.61. The third-order valence-corrected chi connectivity index (χ3v) is 3.17. The number of aromatic nitrogens is 1. The highest BCUT2D eigenvalue weighted by atomic mass is 35.5. The molecule has 1 fully saturated rings. The molecule has 0 radical (unpaired) electrons. The van der Waals surface area contributed by atoms with Crippen LogP contribution in [0.3, 0.4) is 0 Å². The van der Waals surface area contributed by atoms with E-state index in [1.807, 2.05) is 18.0 Å². The molecule has 2 rings (SSSR count). The maximum Gasteiger partial charge on any atom is 0.308 e. The highest BCUT2D eigenvalue weighted by Gasteiger charge is 2.37. The van der Waals surface area contributed by atoms with Gasteiger partial charge in [0.05, 0.1) is 10.9 Å². The van der Waals surface area contributed by atoms with Crippen LogP contribution in [0.15, 0.2) is 18.3 Å². The van der Waals surface area contributed by atoms with Gasteiger partial charge in [0, 0.05) is 30.9 Å². The van der Waals surface area contributed by atoms with Crippen LogP contribution < -0.4 is 0 Å². The van der Waals surface area contributed by atoms with Crippen molar-refractivity contribution in [2.24, 2.45) is 5.92 Å². The lowest BCUT2D eigenvalue weighted by Crippen LogP contribution is -2.21. The van der Waals surface area contributed by atoms with Crippen LogP contribution in [0.4, 0.5) is 0 Å². The van der Waals surface area contributed by atoms with Gasteiger partial charge in [0.25, 0.3) is 0 Å². The second kappa shape index (κ2) is 4.39. The van der Waals surface area contributed by atoms with Crippen LogP contribution in [0.1, 0.15) is 11.6 Å². The highest BCUT2D eigenvalue weighted by Crippen LogP contribution is 2.31. The summed E-state index contributed by atoms with van der Waals surface area (Å²) in [7, 11) is 1.92. The number of carboxylic acid groups (broad SMARTS) is 1. The molecule has 0 aliphatic carbocycles.